The van der Waals surface area contributed by atoms with Crippen molar-refractivity contribution in [3.8, 4) is 0 Å². The van der Waals surface area contributed by atoms with Gasteiger partial charge in [0.1, 0.15) is 12.6 Å². The van der Waals surface area contributed by atoms with E-state index in [-0.39, 0.29) is 23.4 Å². The van der Waals surface area contributed by atoms with Crippen LogP contribution in [0, 0.1) is 6.92 Å². The maximum Gasteiger partial charge on any atom is 0.264 e. The number of thioether (sulfide) groups is 1. The first-order valence-electron chi connectivity index (χ1n) is 13.6. The summed E-state index contributed by atoms with van der Waals surface area (Å²) in [6.07, 6.45) is 2.98. The van der Waals surface area contributed by atoms with E-state index in [2.05, 4.69) is 5.32 Å². The Labute approximate surface area is 253 Å². The quantitative estimate of drug-likeness (QED) is 0.229. The number of anilines is 1. The van der Waals surface area contributed by atoms with Gasteiger partial charge in [-0.25, -0.2) is 8.42 Å². The average molecular weight is 616 g/mol. The summed E-state index contributed by atoms with van der Waals surface area (Å²) in [6.45, 7) is 7.16. The smallest absolute Gasteiger partial charge is 0.264 e. The van der Waals surface area contributed by atoms with Gasteiger partial charge in [-0.05, 0) is 81.0 Å². The second kappa shape index (κ2) is 14.8. The molecule has 7 nitrogen and oxygen atoms in total. The van der Waals surface area contributed by atoms with E-state index in [0.717, 1.165) is 21.2 Å². The standard InChI is InChI=1S/C31H38ClN3O4S2/c1-6-23(4)33-31(37)29(7-2)34(20-24-10-8-9-11-28(24)32)30(36)21-35(25-14-12-22(3)13-15-25)41(38,39)27-18-16-26(40-5)17-19-27/h8-19,23,29H,6-7,20-21H2,1-5H3,(H,33,37)/t23-,29-/m1/s1. The molecule has 0 saturated heterocycles. The maximum atomic E-state index is 14.1. The average Bonchev–Trinajstić information content (AvgIpc) is 2.97. The van der Waals surface area contributed by atoms with Crippen LogP contribution in [0.2, 0.25) is 5.02 Å². The van der Waals surface area contributed by atoms with Gasteiger partial charge in [-0.1, -0.05) is 61.3 Å². The van der Waals surface area contributed by atoms with Gasteiger partial charge >= 0.3 is 0 Å². The highest BCUT2D eigenvalue weighted by molar-refractivity contribution is 7.98. The second-order valence-electron chi connectivity index (χ2n) is 9.88. The van der Waals surface area contributed by atoms with Gasteiger partial charge < -0.3 is 10.2 Å². The fourth-order valence-corrected chi connectivity index (χ4v) is 6.30. The monoisotopic (exact) mass is 615 g/mol. The van der Waals surface area contributed by atoms with Crippen LogP contribution in [0.25, 0.3) is 0 Å². The number of rotatable bonds is 13. The number of sulfonamides is 1. The molecule has 2 atom stereocenters. The molecule has 0 saturated carbocycles. The van der Waals surface area contributed by atoms with Crippen molar-refractivity contribution in [3.63, 3.8) is 0 Å². The molecule has 0 unspecified atom stereocenters. The lowest BCUT2D eigenvalue weighted by Crippen LogP contribution is -2.53. The number of nitrogens with zero attached hydrogens (tertiary/aromatic N) is 2. The van der Waals surface area contributed by atoms with E-state index < -0.39 is 28.5 Å². The molecule has 0 aromatic heterocycles. The highest BCUT2D eigenvalue weighted by atomic mass is 35.5. The van der Waals surface area contributed by atoms with Gasteiger partial charge in [0.05, 0.1) is 10.6 Å². The van der Waals surface area contributed by atoms with Crippen LogP contribution in [0.3, 0.4) is 0 Å². The number of nitrogens with one attached hydrogen (secondary N) is 1. The van der Waals surface area contributed by atoms with Crippen molar-refractivity contribution in [2.24, 2.45) is 0 Å². The second-order valence-corrected chi connectivity index (χ2v) is 13.0. The molecule has 0 aliphatic heterocycles. The van der Waals surface area contributed by atoms with Crippen molar-refractivity contribution in [2.75, 3.05) is 17.1 Å². The zero-order chi connectivity index (χ0) is 30.2. The van der Waals surface area contributed by atoms with Crippen LogP contribution in [0.15, 0.2) is 82.6 Å². The summed E-state index contributed by atoms with van der Waals surface area (Å²) >= 11 is 7.96. The van der Waals surface area contributed by atoms with Gasteiger partial charge in [-0.3, -0.25) is 13.9 Å². The Morgan fingerprint density at radius 3 is 2.15 bits per heavy atom. The first-order valence-corrected chi connectivity index (χ1v) is 16.6. The van der Waals surface area contributed by atoms with Crippen LogP contribution < -0.4 is 9.62 Å². The molecule has 3 aromatic rings. The largest absolute Gasteiger partial charge is 0.352 e. The molecule has 2 amide bonds. The molecule has 1 N–H and O–H groups in total. The fourth-order valence-electron chi connectivity index (χ4n) is 4.29. The molecule has 3 rings (SSSR count). The van der Waals surface area contributed by atoms with Crippen LogP contribution in [0.5, 0.6) is 0 Å². The zero-order valence-corrected chi connectivity index (χ0v) is 26.5. The summed E-state index contributed by atoms with van der Waals surface area (Å²) in [5, 5.41) is 3.43. The molecule has 0 heterocycles. The number of hydrogen-bond donors (Lipinski definition) is 1. The topological polar surface area (TPSA) is 86.8 Å². The molecular formula is C31H38ClN3O4S2. The van der Waals surface area contributed by atoms with E-state index >= 15 is 0 Å². The van der Waals surface area contributed by atoms with E-state index in [9.17, 15) is 18.0 Å². The molecule has 0 radical (unpaired) electrons. The Morgan fingerprint density at radius 2 is 1.59 bits per heavy atom. The molecule has 0 fully saturated rings. The number of aryl methyl sites for hydroxylation is 1. The van der Waals surface area contributed by atoms with Gasteiger partial charge in [-0.15, -0.1) is 11.8 Å². The van der Waals surface area contributed by atoms with Gasteiger partial charge in [0, 0.05) is 22.5 Å². The molecule has 0 aliphatic rings. The Hall–Kier alpha value is -3.01. The predicted molar refractivity (Wildman–Crippen MR) is 168 cm³/mol. The van der Waals surface area contributed by atoms with Gasteiger partial charge in [0.2, 0.25) is 11.8 Å². The van der Waals surface area contributed by atoms with Gasteiger partial charge in [0.25, 0.3) is 10.0 Å². The minimum Gasteiger partial charge on any atom is -0.352 e. The number of benzene rings is 3. The molecule has 220 valence electrons. The third kappa shape index (κ3) is 8.27. The highest BCUT2D eigenvalue weighted by Crippen LogP contribution is 2.27. The summed E-state index contributed by atoms with van der Waals surface area (Å²) in [6, 6.07) is 19.7. The van der Waals surface area contributed by atoms with Crippen LogP contribution in [-0.4, -0.2) is 50.0 Å². The van der Waals surface area contributed by atoms with Crippen molar-refractivity contribution in [2.45, 2.75) is 69.0 Å². The van der Waals surface area contributed by atoms with Crippen molar-refractivity contribution in [1.82, 2.24) is 10.2 Å². The molecule has 10 heteroatoms. The lowest BCUT2D eigenvalue weighted by molar-refractivity contribution is -0.140. The van der Waals surface area contributed by atoms with E-state index in [0.29, 0.717) is 22.7 Å². The van der Waals surface area contributed by atoms with Crippen LogP contribution in [0.1, 0.15) is 44.7 Å². The summed E-state index contributed by atoms with van der Waals surface area (Å²) in [4.78, 5) is 29.9. The van der Waals surface area contributed by atoms with Crippen LogP contribution in [-0.2, 0) is 26.2 Å². The first kappa shape index (κ1) is 32.5. The molecule has 0 spiro atoms. The number of carbonyl (C=O) groups excluding carboxylic acids is 2. The van der Waals surface area contributed by atoms with Crippen molar-refractivity contribution < 1.29 is 18.0 Å². The molecule has 3 aromatic carbocycles. The van der Waals surface area contributed by atoms with Crippen LogP contribution in [0.4, 0.5) is 5.69 Å². The molecular weight excluding hydrogens is 578 g/mol. The highest BCUT2D eigenvalue weighted by Gasteiger charge is 2.34. The summed E-state index contributed by atoms with van der Waals surface area (Å²) in [5.74, 6) is -0.805. The molecule has 41 heavy (non-hydrogen) atoms. The van der Waals surface area contributed by atoms with E-state index in [1.54, 1.807) is 66.7 Å². The van der Waals surface area contributed by atoms with E-state index in [4.69, 9.17) is 11.6 Å². The predicted octanol–water partition coefficient (Wildman–Crippen LogP) is 6.29. The maximum absolute atomic E-state index is 14.1. The minimum atomic E-state index is -4.13. The van der Waals surface area contributed by atoms with E-state index in [1.807, 2.05) is 40.0 Å². The van der Waals surface area contributed by atoms with Crippen LogP contribution >= 0.6 is 23.4 Å². The summed E-state index contributed by atoms with van der Waals surface area (Å²) in [5.41, 5.74) is 1.97. The zero-order valence-electron chi connectivity index (χ0n) is 24.1. The third-order valence-electron chi connectivity index (χ3n) is 6.93. The van der Waals surface area contributed by atoms with Crippen molar-refractivity contribution >= 4 is 50.9 Å². The third-order valence-corrected chi connectivity index (χ3v) is 9.83. The Bertz CT molecular complexity index is 1430. The number of amides is 2. The normalized spacial score (nSPS) is 12.8. The fraction of sp³-hybridized carbons (Fsp3) is 0.355. The SMILES string of the molecule is CC[C@@H](C)NC(=O)[C@@H](CC)N(Cc1ccccc1Cl)C(=O)CN(c1ccc(C)cc1)S(=O)(=O)c1ccc(SC)cc1. The Kier molecular flexibility index (Phi) is 11.7. The summed E-state index contributed by atoms with van der Waals surface area (Å²) < 4.78 is 29.1. The van der Waals surface area contributed by atoms with Crippen molar-refractivity contribution in [1.29, 1.82) is 0 Å². The van der Waals surface area contributed by atoms with Crippen molar-refractivity contribution in [3.05, 3.63) is 88.9 Å². The Morgan fingerprint density at radius 1 is 0.951 bits per heavy atom. The minimum absolute atomic E-state index is 0.0507. The Balaban J connectivity index is 2.06. The number of hydrogen-bond acceptors (Lipinski definition) is 5. The molecule has 0 aliphatic carbocycles. The first-order chi connectivity index (χ1) is 19.5. The summed E-state index contributed by atoms with van der Waals surface area (Å²) in [7, 11) is -4.13. The lowest BCUT2D eigenvalue weighted by atomic mass is 10.1. The van der Waals surface area contributed by atoms with Gasteiger partial charge in [-0.2, -0.15) is 0 Å². The van der Waals surface area contributed by atoms with Gasteiger partial charge in [0.15, 0.2) is 0 Å². The number of carbonyl (C=O) groups is 2. The lowest BCUT2D eigenvalue weighted by Gasteiger charge is -2.34. The molecule has 0 bridgehead atoms. The number of halogens is 1. The van der Waals surface area contributed by atoms with E-state index in [1.165, 1.54) is 16.7 Å².